The van der Waals surface area contributed by atoms with E-state index in [0.29, 0.717) is 17.7 Å². The van der Waals surface area contributed by atoms with Crippen LogP contribution in [-0.4, -0.2) is 47.7 Å². The number of rotatable bonds is 6. The maximum atomic E-state index is 12.8. The SMILES string of the molecule is CCN(CC)CCOc1cccc2[nH]c3c4c(c5c(c3c12)C(=O)CC5=O)CCC4. The fourth-order valence-corrected chi connectivity index (χ4v) is 5.12. The second-order valence-electron chi connectivity index (χ2n) is 8.01. The van der Waals surface area contributed by atoms with Gasteiger partial charge in [0, 0.05) is 23.1 Å². The molecule has 1 N–H and O–H groups in total. The zero-order valence-corrected chi connectivity index (χ0v) is 17.1. The van der Waals surface area contributed by atoms with Crippen LogP contribution in [0.25, 0.3) is 21.8 Å². The third-order valence-corrected chi connectivity index (χ3v) is 6.55. The number of aromatic amines is 1. The van der Waals surface area contributed by atoms with E-state index in [9.17, 15) is 9.59 Å². The van der Waals surface area contributed by atoms with E-state index < -0.39 is 0 Å². The average Bonchev–Trinajstić information content (AvgIpc) is 3.40. The number of carbonyl (C=O) groups is 2. The Morgan fingerprint density at radius 1 is 1.00 bits per heavy atom. The molecular formula is C24H26N2O3. The van der Waals surface area contributed by atoms with Crippen LogP contribution in [0.3, 0.4) is 0 Å². The molecule has 5 nitrogen and oxygen atoms in total. The summed E-state index contributed by atoms with van der Waals surface area (Å²) in [5, 5.41) is 1.83. The van der Waals surface area contributed by atoms with Crippen LogP contribution in [-0.2, 0) is 12.8 Å². The molecule has 5 heteroatoms. The lowest BCUT2D eigenvalue weighted by Crippen LogP contribution is -2.27. The van der Waals surface area contributed by atoms with E-state index in [1.807, 2.05) is 18.2 Å². The maximum Gasteiger partial charge on any atom is 0.172 e. The quantitative estimate of drug-likeness (QED) is 0.638. The lowest BCUT2D eigenvalue weighted by atomic mass is 9.93. The summed E-state index contributed by atoms with van der Waals surface area (Å²) in [7, 11) is 0. The zero-order valence-electron chi connectivity index (χ0n) is 17.1. The highest BCUT2D eigenvalue weighted by Gasteiger charge is 2.37. The first-order valence-corrected chi connectivity index (χ1v) is 10.7. The summed E-state index contributed by atoms with van der Waals surface area (Å²) in [4.78, 5) is 31.4. The van der Waals surface area contributed by atoms with Gasteiger partial charge in [0.2, 0.25) is 0 Å². The zero-order chi connectivity index (χ0) is 20.1. The van der Waals surface area contributed by atoms with Gasteiger partial charge in [0.15, 0.2) is 11.6 Å². The molecule has 0 atom stereocenters. The highest BCUT2D eigenvalue weighted by molar-refractivity contribution is 6.33. The summed E-state index contributed by atoms with van der Waals surface area (Å²) in [6.07, 6.45) is 2.87. The highest BCUT2D eigenvalue weighted by Crippen LogP contribution is 2.45. The van der Waals surface area contributed by atoms with Gasteiger partial charge in [-0.25, -0.2) is 0 Å². The van der Waals surface area contributed by atoms with Crippen LogP contribution in [0.2, 0.25) is 0 Å². The number of ketones is 2. The molecule has 2 aliphatic carbocycles. The molecular weight excluding hydrogens is 364 g/mol. The Labute approximate surface area is 170 Å². The van der Waals surface area contributed by atoms with E-state index in [0.717, 1.165) is 72.0 Å². The molecule has 5 rings (SSSR count). The van der Waals surface area contributed by atoms with Gasteiger partial charge in [0.25, 0.3) is 0 Å². The standard InChI is InChI=1S/C24H26N2O3/c1-3-26(4-2)11-12-29-19-10-6-9-16-21(19)23-22-18(28)13-17(27)20(22)14-7-5-8-15(14)24(23)25-16/h6,9-10,25H,3-5,7-8,11-13H2,1-2H3. The Morgan fingerprint density at radius 3 is 2.55 bits per heavy atom. The van der Waals surface area contributed by atoms with E-state index in [4.69, 9.17) is 4.74 Å². The number of carbonyl (C=O) groups excluding carboxylic acids is 2. The molecule has 2 aliphatic rings. The van der Waals surface area contributed by atoms with Crippen molar-refractivity contribution in [3.8, 4) is 5.75 Å². The predicted molar refractivity (Wildman–Crippen MR) is 114 cm³/mol. The number of fused-ring (bicyclic) bond motifs is 8. The first kappa shape index (κ1) is 18.4. The molecule has 0 radical (unpaired) electrons. The fraction of sp³-hybridized carbons (Fsp3) is 0.417. The highest BCUT2D eigenvalue weighted by atomic mass is 16.5. The second-order valence-corrected chi connectivity index (χ2v) is 8.01. The van der Waals surface area contributed by atoms with Crippen molar-refractivity contribution in [3.63, 3.8) is 0 Å². The van der Waals surface area contributed by atoms with Crippen molar-refractivity contribution in [3.05, 3.63) is 40.5 Å². The van der Waals surface area contributed by atoms with Gasteiger partial charge in [-0.15, -0.1) is 0 Å². The summed E-state index contributed by atoms with van der Waals surface area (Å²) in [6, 6.07) is 5.98. The van der Waals surface area contributed by atoms with Crippen LogP contribution in [0.5, 0.6) is 5.75 Å². The number of hydrogen-bond donors (Lipinski definition) is 1. The summed E-state index contributed by atoms with van der Waals surface area (Å²) in [5.41, 5.74) is 5.61. The van der Waals surface area contributed by atoms with Crippen molar-refractivity contribution in [2.75, 3.05) is 26.2 Å². The number of benzene rings is 2. The van der Waals surface area contributed by atoms with Gasteiger partial charge in [-0.2, -0.15) is 0 Å². The van der Waals surface area contributed by atoms with E-state index in [-0.39, 0.29) is 18.0 Å². The van der Waals surface area contributed by atoms with Crippen LogP contribution in [0, 0.1) is 0 Å². The van der Waals surface area contributed by atoms with Crippen LogP contribution in [0.4, 0.5) is 0 Å². The molecule has 0 saturated carbocycles. The molecule has 0 saturated heterocycles. The Bertz CT molecular complexity index is 1150. The monoisotopic (exact) mass is 390 g/mol. The predicted octanol–water partition coefficient (Wildman–Crippen LogP) is 4.30. The van der Waals surface area contributed by atoms with Crippen molar-refractivity contribution in [1.82, 2.24) is 9.88 Å². The molecule has 0 unspecified atom stereocenters. The van der Waals surface area contributed by atoms with Crippen molar-refractivity contribution in [1.29, 1.82) is 0 Å². The van der Waals surface area contributed by atoms with Crippen LogP contribution >= 0.6 is 0 Å². The van der Waals surface area contributed by atoms with E-state index in [1.165, 1.54) is 5.56 Å². The summed E-state index contributed by atoms with van der Waals surface area (Å²) in [6.45, 7) is 7.73. The van der Waals surface area contributed by atoms with Gasteiger partial charge < -0.3 is 14.6 Å². The number of ether oxygens (including phenoxy) is 1. The number of Topliss-reactive ketones (excluding diaryl/α,β-unsaturated/α-hetero) is 2. The Balaban J connectivity index is 1.70. The molecule has 0 spiro atoms. The summed E-state index contributed by atoms with van der Waals surface area (Å²) >= 11 is 0. The number of aromatic nitrogens is 1. The molecule has 0 aliphatic heterocycles. The Morgan fingerprint density at radius 2 is 1.76 bits per heavy atom. The molecule has 150 valence electrons. The lowest BCUT2D eigenvalue weighted by molar-refractivity contribution is 0.0923. The van der Waals surface area contributed by atoms with Gasteiger partial charge in [0.05, 0.1) is 22.8 Å². The Hall–Kier alpha value is -2.66. The second kappa shape index (κ2) is 6.99. The van der Waals surface area contributed by atoms with Gasteiger partial charge in [-0.3, -0.25) is 9.59 Å². The molecule has 1 heterocycles. The van der Waals surface area contributed by atoms with E-state index in [2.05, 4.69) is 23.7 Å². The van der Waals surface area contributed by atoms with Gasteiger partial charge in [-0.05, 0) is 55.6 Å². The number of nitrogens with one attached hydrogen (secondary N) is 1. The fourth-order valence-electron chi connectivity index (χ4n) is 5.12. The summed E-state index contributed by atoms with van der Waals surface area (Å²) in [5.74, 6) is 0.719. The summed E-state index contributed by atoms with van der Waals surface area (Å²) < 4.78 is 6.20. The topological polar surface area (TPSA) is 62.4 Å². The largest absolute Gasteiger partial charge is 0.492 e. The minimum absolute atomic E-state index is 0.00144. The maximum absolute atomic E-state index is 12.8. The molecule has 0 bridgehead atoms. The third kappa shape index (κ3) is 2.71. The molecule has 29 heavy (non-hydrogen) atoms. The normalized spacial score (nSPS) is 15.7. The molecule has 0 amide bonds. The van der Waals surface area contributed by atoms with Gasteiger partial charge >= 0.3 is 0 Å². The smallest absolute Gasteiger partial charge is 0.172 e. The van der Waals surface area contributed by atoms with Crippen molar-refractivity contribution >= 4 is 33.4 Å². The van der Waals surface area contributed by atoms with Crippen molar-refractivity contribution in [2.45, 2.75) is 39.5 Å². The lowest BCUT2D eigenvalue weighted by Gasteiger charge is -2.18. The van der Waals surface area contributed by atoms with Crippen LogP contribution in [0.15, 0.2) is 18.2 Å². The average molecular weight is 390 g/mol. The minimum Gasteiger partial charge on any atom is -0.492 e. The number of H-pyrrole nitrogens is 1. The van der Waals surface area contributed by atoms with E-state index >= 15 is 0 Å². The van der Waals surface area contributed by atoms with E-state index in [1.54, 1.807) is 0 Å². The van der Waals surface area contributed by atoms with Crippen molar-refractivity contribution < 1.29 is 14.3 Å². The molecule has 0 fully saturated rings. The molecule has 1 aromatic heterocycles. The van der Waals surface area contributed by atoms with Crippen LogP contribution in [0.1, 0.15) is 58.5 Å². The van der Waals surface area contributed by atoms with Crippen molar-refractivity contribution in [2.24, 2.45) is 0 Å². The van der Waals surface area contributed by atoms with Crippen LogP contribution < -0.4 is 4.74 Å². The number of aryl methyl sites for hydroxylation is 1. The Kier molecular flexibility index (Phi) is 4.43. The number of likely N-dealkylation sites (N-methyl/N-ethyl adjacent to an activating group) is 1. The van der Waals surface area contributed by atoms with Gasteiger partial charge in [0.1, 0.15) is 12.4 Å². The first-order chi connectivity index (χ1) is 14.1. The molecule has 2 aromatic carbocycles. The van der Waals surface area contributed by atoms with Gasteiger partial charge in [-0.1, -0.05) is 19.9 Å². The number of hydrogen-bond acceptors (Lipinski definition) is 4. The minimum atomic E-state index is -0.0523. The third-order valence-electron chi connectivity index (χ3n) is 6.55. The molecule has 3 aromatic rings. The number of nitrogens with zero attached hydrogens (tertiary/aromatic N) is 1. The first-order valence-electron chi connectivity index (χ1n) is 10.7.